The average molecular weight is 836 g/mol. The predicted molar refractivity (Wildman–Crippen MR) is 245 cm³/mol. The quantitative estimate of drug-likeness (QED) is 0.0371. The molecule has 0 aromatic heterocycles. The highest BCUT2D eigenvalue weighted by molar-refractivity contribution is 5.76. The first kappa shape index (κ1) is 55.3. The summed E-state index contributed by atoms with van der Waals surface area (Å²) in [5, 5.41) is 9.30. The summed E-state index contributed by atoms with van der Waals surface area (Å²) >= 11 is 0. The van der Waals surface area contributed by atoms with E-state index in [4.69, 9.17) is 14.2 Å². The molecule has 0 spiro atoms. The number of nitrogens with zero attached hydrogens (tertiary/aromatic N) is 1. The van der Waals surface area contributed by atoms with Crippen LogP contribution in [-0.4, -0.2) is 73.5 Å². The number of aliphatic hydroxyl groups is 1. The number of carbonyl (C=O) groups excluding carboxylic acids is 3. The molecule has 59 heavy (non-hydrogen) atoms. The molecule has 1 fully saturated rings. The van der Waals surface area contributed by atoms with Gasteiger partial charge in [-0.25, -0.2) is 0 Å². The molecule has 0 radical (unpaired) electrons. The lowest BCUT2D eigenvalue weighted by molar-refractivity contribution is -0.156. The maximum Gasteiger partial charge on any atom is 0.311 e. The first-order valence-electron chi connectivity index (χ1n) is 25.3. The molecular formula is C51H97NO7. The molecule has 1 rings (SSSR count). The minimum Gasteiger partial charge on any atom is -0.465 e. The van der Waals surface area contributed by atoms with Crippen molar-refractivity contribution in [2.24, 2.45) is 22.7 Å². The van der Waals surface area contributed by atoms with Crippen molar-refractivity contribution in [2.75, 3.05) is 39.5 Å². The van der Waals surface area contributed by atoms with Gasteiger partial charge in [0.25, 0.3) is 0 Å². The second-order valence-electron chi connectivity index (χ2n) is 19.7. The molecule has 2 unspecified atom stereocenters. The van der Waals surface area contributed by atoms with Gasteiger partial charge in [0.15, 0.2) is 0 Å². The van der Waals surface area contributed by atoms with E-state index in [1.807, 2.05) is 27.7 Å². The van der Waals surface area contributed by atoms with Crippen LogP contribution in [0, 0.1) is 22.7 Å². The van der Waals surface area contributed by atoms with Crippen LogP contribution in [0.15, 0.2) is 0 Å². The molecule has 8 heteroatoms. The third kappa shape index (κ3) is 28.5. The van der Waals surface area contributed by atoms with E-state index in [0.717, 1.165) is 116 Å². The second kappa shape index (κ2) is 34.9. The Morgan fingerprint density at radius 3 is 1.58 bits per heavy atom. The number of carbonyl (C=O) groups is 3. The molecule has 0 aromatic carbocycles. The number of esters is 3. The van der Waals surface area contributed by atoms with Crippen molar-refractivity contribution in [3.8, 4) is 0 Å². The Morgan fingerprint density at radius 1 is 0.593 bits per heavy atom. The van der Waals surface area contributed by atoms with Crippen LogP contribution in [0.1, 0.15) is 241 Å². The number of ether oxygens (including phenoxy) is 3. The molecule has 0 bridgehead atoms. The molecule has 1 N–H and O–H groups in total. The third-order valence-electron chi connectivity index (χ3n) is 13.0. The van der Waals surface area contributed by atoms with E-state index in [0.29, 0.717) is 38.0 Å². The standard InChI is InChI=1S/C51H97NO7/c1-8-11-14-16-17-19-28-41-57-48(55)50(4,5)35-26-20-24-31-46(59-47(54)42-44-33-37-52(38-34-44)39-40-53)32-25-21-27-36-51(6,7)49(56)58-43-45(29-22-13-10-3)30-23-18-15-12-9-2/h44-46,53H,8-43H2,1-7H3. The monoisotopic (exact) mass is 836 g/mol. The Balaban J connectivity index is 2.58. The number of likely N-dealkylation sites (tertiary alicyclic amines) is 1. The van der Waals surface area contributed by atoms with Crippen LogP contribution in [0.5, 0.6) is 0 Å². The van der Waals surface area contributed by atoms with Crippen LogP contribution in [0.4, 0.5) is 0 Å². The smallest absolute Gasteiger partial charge is 0.311 e. The predicted octanol–water partition coefficient (Wildman–Crippen LogP) is 13.3. The third-order valence-corrected chi connectivity index (χ3v) is 13.0. The van der Waals surface area contributed by atoms with Gasteiger partial charge in [-0.05, 0) is 123 Å². The van der Waals surface area contributed by atoms with Crippen LogP contribution in [0.3, 0.4) is 0 Å². The van der Waals surface area contributed by atoms with Crippen molar-refractivity contribution >= 4 is 17.9 Å². The van der Waals surface area contributed by atoms with E-state index in [1.54, 1.807) is 0 Å². The van der Waals surface area contributed by atoms with Crippen molar-refractivity contribution in [2.45, 2.75) is 247 Å². The molecule has 0 aliphatic carbocycles. The van der Waals surface area contributed by atoms with Crippen molar-refractivity contribution in [3.05, 3.63) is 0 Å². The summed E-state index contributed by atoms with van der Waals surface area (Å²) in [7, 11) is 0. The summed E-state index contributed by atoms with van der Waals surface area (Å²) in [5.41, 5.74) is -1.01. The first-order valence-corrected chi connectivity index (χ1v) is 25.3. The van der Waals surface area contributed by atoms with Gasteiger partial charge in [-0.3, -0.25) is 14.4 Å². The topological polar surface area (TPSA) is 102 Å². The fourth-order valence-electron chi connectivity index (χ4n) is 8.56. The van der Waals surface area contributed by atoms with Gasteiger partial charge in [-0.2, -0.15) is 0 Å². The van der Waals surface area contributed by atoms with E-state index < -0.39 is 10.8 Å². The van der Waals surface area contributed by atoms with Gasteiger partial charge in [0, 0.05) is 13.0 Å². The Hall–Kier alpha value is -1.67. The number of hydrogen-bond donors (Lipinski definition) is 1. The molecule has 0 amide bonds. The lowest BCUT2D eigenvalue weighted by Crippen LogP contribution is -2.36. The van der Waals surface area contributed by atoms with E-state index in [2.05, 4.69) is 25.7 Å². The summed E-state index contributed by atoms with van der Waals surface area (Å²) in [6.07, 6.45) is 32.1. The summed E-state index contributed by atoms with van der Waals surface area (Å²) in [5.74, 6) is 0.564. The maximum absolute atomic E-state index is 13.3. The molecule has 1 saturated heterocycles. The van der Waals surface area contributed by atoms with Crippen LogP contribution in [0.25, 0.3) is 0 Å². The fraction of sp³-hybridized carbons (Fsp3) is 0.941. The van der Waals surface area contributed by atoms with Gasteiger partial charge in [-0.1, -0.05) is 136 Å². The lowest BCUT2D eigenvalue weighted by atomic mass is 9.86. The second-order valence-corrected chi connectivity index (χ2v) is 19.7. The van der Waals surface area contributed by atoms with Gasteiger partial charge in [0.05, 0.1) is 30.7 Å². The van der Waals surface area contributed by atoms with E-state index in [9.17, 15) is 19.5 Å². The minimum atomic E-state index is -0.512. The molecule has 1 heterocycles. The molecule has 0 aromatic rings. The van der Waals surface area contributed by atoms with Crippen LogP contribution >= 0.6 is 0 Å². The molecule has 2 atom stereocenters. The van der Waals surface area contributed by atoms with E-state index in [-0.39, 0.29) is 30.6 Å². The van der Waals surface area contributed by atoms with Gasteiger partial charge in [0.2, 0.25) is 0 Å². The molecule has 8 nitrogen and oxygen atoms in total. The molecule has 348 valence electrons. The number of unbranched alkanes of at least 4 members (excludes halogenated alkanes) is 16. The molecule has 1 aliphatic rings. The Kier molecular flexibility index (Phi) is 32.7. The normalized spacial score (nSPS) is 15.3. The SMILES string of the molecule is CCCCCCCCCOC(=O)C(C)(C)CCCCCC(CCCCCC(C)(C)C(=O)OCC(CCCCC)CCCCCCC)OC(=O)CC1CCN(CCO)CC1. The van der Waals surface area contributed by atoms with Crippen LogP contribution in [-0.2, 0) is 28.6 Å². The van der Waals surface area contributed by atoms with Crippen molar-refractivity contribution < 1.29 is 33.7 Å². The summed E-state index contributed by atoms with van der Waals surface area (Å²) < 4.78 is 17.9. The van der Waals surface area contributed by atoms with Crippen molar-refractivity contribution in [1.29, 1.82) is 0 Å². The summed E-state index contributed by atoms with van der Waals surface area (Å²) in [6.45, 7) is 18.6. The fourth-order valence-corrected chi connectivity index (χ4v) is 8.56. The minimum absolute atomic E-state index is 0.0671. The zero-order chi connectivity index (χ0) is 43.6. The van der Waals surface area contributed by atoms with Gasteiger partial charge in [-0.15, -0.1) is 0 Å². The number of rotatable bonds is 39. The number of β-amino-alcohol motifs (C(OH)–C–C–N with tert-alkyl or cyclic N) is 1. The maximum atomic E-state index is 13.3. The van der Waals surface area contributed by atoms with Crippen molar-refractivity contribution in [1.82, 2.24) is 4.90 Å². The number of piperidine rings is 1. The zero-order valence-electron chi connectivity index (χ0n) is 40.0. The summed E-state index contributed by atoms with van der Waals surface area (Å²) in [4.78, 5) is 41.6. The van der Waals surface area contributed by atoms with E-state index in [1.165, 1.54) is 83.5 Å². The average Bonchev–Trinajstić information content (AvgIpc) is 3.20. The first-order chi connectivity index (χ1) is 28.4. The zero-order valence-corrected chi connectivity index (χ0v) is 40.0. The molecular weight excluding hydrogens is 739 g/mol. The number of aliphatic hydroxyl groups excluding tert-OH is 1. The van der Waals surface area contributed by atoms with Gasteiger partial charge >= 0.3 is 17.9 Å². The highest BCUT2D eigenvalue weighted by atomic mass is 16.5. The highest BCUT2D eigenvalue weighted by Crippen LogP contribution is 2.30. The Morgan fingerprint density at radius 2 is 1.03 bits per heavy atom. The lowest BCUT2D eigenvalue weighted by Gasteiger charge is -2.31. The molecule has 0 saturated carbocycles. The Labute approximate surface area is 364 Å². The van der Waals surface area contributed by atoms with E-state index >= 15 is 0 Å². The van der Waals surface area contributed by atoms with Crippen molar-refractivity contribution in [3.63, 3.8) is 0 Å². The summed E-state index contributed by atoms with van der Waals surface area (Å²) in [6, 6.07) is 0. The van der Waals surface area contributed by atoms with Crippen LogP contribution in [0.2, 0.25) is 0 Å². The highest BCUT2D eigenvalue weighted by Gasteiger charge is 2.31. The van der Waals surface area contributed by atoms with Gasteiger partial charge < -0.3 is 24.2 Å². The van der Waals surface area contributed by atoms with Gasteiger partial charge in [0.1, 0.15) is 6.10 Å². The Bertz CT molecular complexity index is 1040. The van der Waals surface area contributed by atoms with Crippen LogP contribution < -0.4 is 0 Å². The largest absolute Gasteiger partial charge is 0.465 e. The number of hydrogen-bond acceptors (Lipinski definition) is 8. The molecule has 1 aliphatic heterocycles.